The lowest BCUT2D eigenvalue weighted by molar-refractivity contribution is -0.137. The van der Waals surface area contributed by atoms with E-state index in [0.29, 0.717) is 21.5 Å². The third-order valence-electron chi connectivity index (χ3n) is 3.69. The average molecular weight is 488 g/mol. The average Bonchev–Trinajstić information content (AvgIpc) is 2.67. The summed E-state index contributed by atoms with van der Waals surface area (Å²) in [6.45, 7) is 0. The predicted octanol–water partition coefficient (Wildman–Crippen LogP) is 3.96. The van der Waals surface area contributed by atoms with Crippen molar-refractivity contribution in [1.82, 2.24) is 5.43 Å². The Balaban J connectivity index is 1.95. The molecule has 160 valence electrons. The van der Waals surface area contributed by atoms with Gasteiger partial charge in [0.1, 0.15) is 17.9 Å². The number of anilines is 1. The standard InChI is InChI=1S/C19H17BrF3N3O4/c1-29-15-8-16(30-2)14(20)6-11(15)10-24-26-18(28)9-17(27)25-13-5-3-4-12(7-13)19(21,22)23/h3-8,10H,9H2,1-2H3,(H,25,27)(H,26,28). The second kappa shape index (κ2) is 10.1. The van der Waals surface area contributed by atoms with Gasteiger partial charge in [-0.3, -0.25) is 9.59 Å². The molecule has 11 heteroatoms. The van der Waals surface area contributed by atoms with Gasteiger partial charge in [0.2, 0.25) is 11.8 Å². The molecule has 0 aliphatic carbocycles. The Bertz CT molecular complexity index is 965. The maximum atomic E-state index is 12.7. The minimum atomic E-state index is -4.54. The van der Waals surface area contributed by atoms with Gasteiger partial charge in [-0.1, -0.05) is 6.07 Å². The van der Waals surface area contributed by atoms with E-state index >= 15 is 0 Å². The molecule has 2 aromatic carbocycles. The number of nitrogens with zero attached hydrogens (tertiary/aromatic N) is 1. The minimum absolute atomic E-state index is 0.0704. The summed E-state index contributed by atoms with van der Waals surface area (Å²) < 4.78 is 49.1. The monoisotopic (exact) mass is 487 g/mol. The largest absolute Gasteiger partial charge is 0.496 e. The van der Waals surface area contributed by atoms with Gasteiger partial charge in [0.05, 0.1) is 30.5 Å². The fourth-order valence-electron chi connectivity index (χ4n) is 2.32. The normalized spacial score (nSPS) is 11.3. The van der Waals surface area contributed by atoms with Gasteiger partial charge >= 0.3 is 6.18 Å². The van der Waals surface area contributed by atoms with Gasteiger partial charge in [-0.05, 0) is 40.2 Å². The molecule has 2 rings (SSSR count). The fraction of sp³-hybridized carbons (Fsp3) is 0.211. The van der Waals surface area contributed by atoms with Crippen molar-refractivity contribution in [3.8, 4) is 11.5 Å². The van der Waals surface area contributed by atoms with Gasteiger partial charge in [-0.2, -0.15) is 18.3 Å². The molecular weight excluding hydrogens is 471 g/mol. The molecule has 0 radical (unpaired) electrons. The van der Waals surface area contributed by atoms with Gasteiger partial charge in [-0.25, -0.2) is 5.43 Å². The van der Waals surface area contributed by atoms with Crippen LogP contribution in [-0.2, 0) is 15.8 Å². The van der Waals surface area contributed by atoms with Gasteiger partial charge in [0.15, 0.2) is 0 Å². The van der Waals surface area contributed by atoms with Crippen molar-refractivity contribution in [1.29, 1.82) is 0 Å². The molecule has 30 heavy (non-hydrogen) atoms. The zero-order valence-corrected chi connectivity index (χ0v) is 17.4. The van der Waals surface area contributed by atoms with Crippen LogP contribution >= 0.6 is 15.9 Å². The summed E-state index contributed by atoms with van der Waals surface area (Å²) in [5.41, 5.74) is 1.72. The Kier molecular flexibility index (Phi) is 7.81. The van der Waals surface area contributed by atoms with Crippen LogP contribution in [0.5, 0.6) is 11.5 Å². The first kappa shape index (κ1) is 23.2. The number of hydrogen-bond donors (Lipinski definition) is 2. The SMILES string of the molecule is COc1cc(OC)c(C=NNC(=O)CC(=O)Nc2cccc(C(F)(F)F)c2)cc1Br. The summed E-state index contributed by atoms with van der Waals surface area (Å²) in [5, 5.41) is 6.00. The third kappa shape index (κ3) is 6.48. The lowest BCUT2D eigenvalue weighted by Crippen LogP contribution is -2.24. The number of benzene rings is 2. The number of hydrazone groups is 1. The number of ether oxygens (including phenoxy) is 2. The van der Waals surface area contributed by atoms with Crippen LogP contribution < -0.4 is 20.2 Å². The Morgan fingerprint density at radius 3 is 2.43 bits per heavy atom. The Hall–Kier alpha value is -3.08. The molecule has 0 fully saturated rings. The predicted molar refractivity (Wildman–Crippen MR) is 108 cm³/mol. The fourth-order valence-corrected chi connectivity index (χ4v) is 2.84. The zero-order valence-electron chi connectivity index (χ0n) is 15.8. The van der Waals surface area contributed by atoms with Crippen LogP contribution in [0.4, 0.5) is 18.9 Å². The quantitative estimate of drug-likeness (QED) is 0.351. The van der Waals surface area contributed by atoms with Crippen LogP contribution in [0.25, 0.3) is 0 Å². The molecular formula is C19H17BrF3N3O4. The molecule has 0 unspecified atom stereocenters. The summed E-state index contributed by atoms with van der Waals surface area (Å²) in [4.78, 5) is 23.7. The summed E-state index contributed by atoms with van der Waals surface area (Å²) in [7, 11) is 2.95. The molecule has 2 N–H and O–H groups in total. The van der Waals surface area contributed by atoms with E-state index in [1.54, 1.807) is 12.1 Å². The van der Waals surface area contributed by atoms with E-state index < -0.39 is 30.0 Å². The number of alkyl halides is 3. The zero-order chi connectivity index (χ0) is 22.3. The molecule has 7 nitrogen and oxygen atoms in total. The summed E-state index contributed by atoms with van der Waals surface area (Å²) in [5.74, 6) is -0.552. The number of amides is 2. The number of methoxy groups -OCH3 is 2. The molecule has 2 amide bonds. The van der Waals surface area contributed by atoms with Crippen molar-refractivity contribution in [3.63, 3.8) is 0 Å². The number of hydrogen-bond acceptors (Lipinski definition) is 5. The van der Waals surface area contributed by atoms with Crippen molar-refractivity contribution >= 4 is 39.6 Å². The molecule has 0 aromatic heterocycles. The van der Waals surface area contributed by atoms with Gasteiger partial charge in [-0.15, -0.1) is 0 Å². The molecule has 2 aromatic rings. The molecule has 0 aliphatic rings. The molecule has 0 spiro atoms. The maximum absolute atomic E-state index is 12.7. The highest BCUT2D eigenvalue weighted by atomic mass is 79.9. The number of nitrogens with one attached hydrogen (secondary N) is 2. The molecule has 0 saturated carbocycles. The van der Waals surface area contributed by atoms with E-state index in [1.165, 1.54) is 26.5 Å². The first-order valence-corrected chi connectivity index (χ1v) is 9.14. The first-order valence-electron chi connectivity index (χ1n) is 8.34. The molecule has 0 aliphatic heterocycles. The van der Waals surface area contributed by atoms with E-state index in [-0.39, 0.29) is 5.69 Å². The molecule has 0 bridgehead atoms. The summed E-state index contributed by atoms with van der Waals surface area (Å²) >= 11 is 3.32. The third-order valence-corrected chi connectivity index (χ3v) is 4.31. The number of rotatable bonds is 7. The van der Waals surface area contributed by atoms with Crippen LogP contribution in [0.1, 0.15) is 17.5 Å². The minimum Gasteiger partial charge on any atom is -0.496 e. The summed E-state index contributed by atoms with van der Waals surface area (Å²) in [6.07, 6.45) is -3.85. The van der Waals surface area contributed by atoms with Crippen LogP contribution in [0.15, 0.2) is 46.0 Å². The smallest absolute Gasteiger partial charge is 0.416 e. The highest BCUT2D eigenvalue weighted by Crippen LogP contribution is 2.32. The number of carbonyl (C=O) groups is 2. The second-order valence-corrected chi connectivity index (χ2v) is 6.68. The molecule has 0 saturated heterocycles. The van der Waals surface area contributed by atoms with Crippen LogP contribution in [0.3, 0.4) is 0 Å². The van der Waals surface area contributed by atoms with E-state index in [1.807, 2.05) is 0 Å². The van der Waals surface area contributed by atoms with Crippen molar-refractivity contribution in [3.05, 3.63) is 52.0 Å². The van der Waals surface area contributed by atoms with Gasteiger partial charge < -0.3 is 14.8 Å². The van der Waals surface area contributed by atoms with E-state index in [2.05, 4.69) is 31.8 Å². The van der Waals surface area contributed by atoms with Crippen LogP contribution in [0, 0.1) is 0 Å². The number of halogens is 4. The topological polar surface area (TPSA) is 89.0 Å². The summed E-state index contributed by atoms with van der Waals surface area (Å²) in [6, 6.07) is 7.38. The molecule has 0 atom stereocenters. The van der Waals surface area contributed by atoms with Crippen molar-refractivity contribution in [2.75, 3.05) is 19.5 Å². The number of carbonyl (C=O) groups excluding carboxylic acids is 2. The maximum Gasteiger partial charge on any atom is 0.416 e. The highest BCUT2D eigenvalue weighted by molar-refractivity contribution is 9.10. The Morgan fingerprint density at radius 1 is 1.10 bits per heavy atom. The van der Waals surface area contributed by atoms with Crippen molar-refractivity contribution in [2.24, 2.45) is 5.10 Å². The van der Waals surface area contributed by atoms with Gasteiger partial charge in [0, 0.05) is 17.3 Å². The van der Waals surface area contributed by atoms with Crippen molar-refractivity contribution in [2.45, 2.75) is 12.6 Å². The van der Waals surface area contributed by atoms with Crippen LogP contribution in [0.2, 0.25) is 0 Å². The first-order chi connectivity index (χ1) is 14.1. The van der Waals surface area contributed by atoms with Crippen LogP contribution in [-0.4, -0.2) is 32.2 Å². The van der Waals surface area contributed by atoms with Crippen molar-refractivity contribution < 1.29 is 32.2 Å². The van der Waals surface area contributed by atoms with E-state index in [0.717, 1.165) is 18.2 Å². The lowest BCUT2D eigenvalue weighted by Gasteiger charge is -2.10. The second-order valence-electron chi connectivity index (χ2n) is 5.83. The van der Waals surface area contributed by atoms with E-state index in [9.17, 15) is 22.8 Å². The van der Waals surface area contributed by atoms with Gasteiger partial charge in [0.25, 0.3) is 0 Å². The lowest BCUT2D eigenvalue weighted by atomic mass is 10.2. The van der Waals surface area contributed by atoms with E-state index in [4.69, 9.17) is 9.47 Å². The highest BCUT2D eigenvalue weighted by Gasteiger charge is 2.30. The molecule has 0 heterocycles. The Labute approximate surface area is 178 Å². The Morgan fingerprint density at radius 2 is 1.80 bits per heavy atom.